The van der Waals surface area contributed by atoms with E-state index >= 15 is 0 Å². The molecule has 14 heavy (non-hydrogen) atoms. The molecule has 7 heteroatoms. The van der Waals surface area contributed by atoms with Crippen LogP contribution in [-0.2, 0) is 4.79 Å². The molecule has 1 unspecified atom stereocenters. The van der Waals surface area contributed by atoms with Crippen LogP contribution in [0.2, 0.25) is 0 Å². The largest absolute Gasteiger partial charge is 0.334 e. The van der Waals surface area contributed by atoms with Crippen LogP contribution in [0.1, 0.15) is 0 Å². The number of hydrogen-bond acceptors (Lipinski definition) is 4. The minimum atomic E-state index is -0.884. The average molecular weight is 196 g/mol. The number of carbonyl (C=O) groups excluding carboxylic acids is 3. The van der Waals surface area contributed by atoms with Gasteiger partial charge in [0.25, 0.3) is 5.91 Å². The van der Waals surface area contributed by atoms with Crippen LogP contribution in [-0.4, -0.2) is 53.7 Å². The molecule has 0 aliphatic carbocycles. The lowest BCUT2D eigenvalue weighted by molar-refractivity contribution is -0.119. The summed E-state index contributed by atoms with van der Waals surface area (Å²) in [6.07, 6.45) is 0. The van der Waals surface area contributed by atoms with Gasteiger partial charge in [-0.1, -0.05) is 0 Å². The third kappa shape index (κ3) is 0.808. The number of urea groups is 2. The van der Waals surface area contributed by atoms with E-state index < -0.39 is 24.0 Å². The Balaban J connectivity index is 2.50. The first kappa shape index (κ1) is 8.67. The van der Waals surface area contributed by atoms with Gasteiger partial charge in [-0.3, -0.25) is 20.0 Å². The van der Waals surface area contributed by atoms with Crippen LogP contribution in [0.15, 0.2) is 4.99 Å². The van der Waals surface area contributed by atoms with Gasteiger partial charge in [-0.2, -0.15) is 0 Å². The number of amidine groups is 1. The summed E-state index contributed by atoms with van der Waals surface area (Å²) in [5, 5.41) is 2.05. The molecular formula is C7H8N4O3. The predicted octanol–water partition coefficient (Wildman–Crippen LogP) is -1.000. The number of fused-ring (bicyclic) bond motifs is 1. The number of imide groups is 2. The lowest BCUT2D eigenvalue weighted by Crippen LogP contribution is -2.36. The van der Waals surface area contributed by atoms with E-state index in [1.165, 1.54) is 19.0 Å². The van der Waals surface area contributed by atoms with Gasteiger partial charge in [0, 0.05) is 14.1 Å². The number of carbonyl (C=O) groups is 3. The molecule has 74 valence electrons. The van der Waals surface area contributed by atoms with E-state index in [0.717, 1.165) is 4.90 Å². The van der Waals surface area contributed by atoms with Crippen molar-refractivity contribution in [2.75, 3.05) is 14.1 Å². The van der Waals surface area contributed by atoms with Crippen molar-refractivity contribution in [3.63, 3.8) is 0 Å². The molecule has 0 saturated carbocycles. The second-order valence-corrected chi connectivity index (χ2v) is 2.99. The summed E-state index contributed by atoms with van der Waals surface area (Å²) < 4.78 is 0. The zero-order valence-corrected chi connectivity index (χ0v) is 7.64. The Hall–Kier alpha value is -1.92. The SMILES string of the molecule is CN=C1C2C(=O)NC(=O)N2C(=O)N1C. The standard InChI is InChI=1S/C7H8N4O3/c1-8-4-3-5(12)9-6(13)11(3)7(14)10(4)2/h3H,1-2H3,(H,9,12,13). The Morgan fingerprint density at radius 1 is 1.36 bits per heavy atom. The van der Waals surface area contributed by atoms with E-state index in [4.69, 9.17) is 0 Å². The second kappa shape index (κ2) is 2.53. The highest BCUT2D eigenvalue weighted by molar-refractivity contribution is 6.28. The van der Waals surface area contributed by atoms with Gasteiger partial charge >= 0.3 is 12.1 Å². The molecule has 0 bridgehead atoms. The fourth-order valence-electron chi connectivity index (χ4n) is 1.61. The van der Waals surface area contributed by atoms with Gasteiger partial charge in [0.2, 0.25) is 0 Å². The third-order valence-electron chi connectivity index (χ3n) is 2.27. The van der Waals surface area contributed by atoms with Gasteiger partial charge in [-0.25, -0.2) is 14.5 Å². The number of hydrogen-bond donors (Lipinski definition) is 1. The number of amides is 5. The molecule has 2 rings (SSSR count). The Labute approximate surface area is 79.4 Å². The number of nitrogens with one attached hydrogen (secondary N) is 1. The highest BCUT2D eigenvalue weighted by Crippen LogP contribution is 2.21. The van der Waals surface area contributed by atoms with E-state index in [2.05, 4.69) is 10.3 Å². The highest BCUT2D eigenvalue weighted by atomic mass is 16.2. The maximum absolute atomic E-state index is 11.5. The normalized spacial score (nSPS) is 28.9. The lowest BCUT2D eigenvalue weighted by Gasteiger charge is -2.09. The maximum atomic E-state index is 11.5. The number of rotatable bonds is 0. The summed E-state index contributed by atoms with van der Waals surface area (Å²) in [5.74, 6) is -0.216. The van der Waals surface area contributed by atoms with Crippen LogP contribution in [0.4, 0.5) is 9.59 Å². The monoisotopic (exact) mass is 196 g/mol. The topological polar surface area (TPSA) is 82.1 Å². The predicted molar refractivity (Wildman–Crippen MR) is 45.7 cm³/mol. The quantitative estimate of drug-likeness (QED) is 0.504. The van der Waals surface area contributed by atoms with Crippen LogP contribution in [0.25, 0.3) is 0 Å². The van der Waals surface area contributed by atoms with Gasteiger partial charge in [-0.15, -0.1) is 0 Å². The van der Waals surface area contributed by atoms with Crippen molar-refractivity contribution in [2.45, 2.75) is 6.04 Å². The first-order valence-electron chi connectivity index (χ1n) is 3.96. The Morgan fingerprint density at radius 2 is 2.00 bits per heavy atom. The molecular weight excluding hydrogens is 188 g/mol. The minimum absolute atomic E-state index is 0.290. The number of nitrogens with zero attached hydrogens (tertiary/aromatic N) is 3. The van der Waals surface area contributed by atoms with Gasteiger partial charge in [0.15, 0.2) is 6.04 Å². The zero-order chi connectivity index (χ0) is 10.5. The zero-order valence-electron chi connectivity index (χ0n) is 7.64. The minimum Gasteiger partial charge on any atom is -0.283 e. The first-order valence-corrected chi connectivity index (χ1v) is 3.96. The molecule has 2 fully saturated rings. The molecule has 0 aromatic carbocycles. The molecule has 2 aliphatic heterocycles. The molecule has 1 N–H and O–H groups in total. The van der Waals surface area contributed by atoms with Gasteiger partial charge in [-0.05, 0) is 0 Å². The molecule has 5 amide bonds. The fourth-order valence-corrected chi connectivity index (χ4v) is 1.61. The molecule has 2 aliphatic rings. The molecule has 0 radical (unpaired) electrons. The summed E-state index contributed by atoms with van der Waals surface area (Å²) in [7, 11) is 2.95. The molecule has 2 heterocycles. The number of likely N-dealkylation sites (N-methyl/N-ethyl adjacent to an activating group) is 1. The van der Waals surface area contributed by atoms with Crippen LogP contribution < -0.4 is 5.32 Å². The maximum Gasteiger partial charge on any atom is 0.334 e. The Bertz CT molecular complexity index is 375. The molecule has 0 aromatic rings. The average Bonchev–Trinajstić information content (AvgIpc) is 2.55. The molecule has 2 saturated heterocycles. The lowest BCUT2D eigenvalue weighted by atomic mass is 10.3. The fraction of sp³-hybridized carbons (Fsp3) is 0.429. The Morgan fingerprint density at radius 3 is 2.57 bits per heavy atom. The van der Waals surface area contributed by atoms with Crippen molar-refractivity contribution >= 4 is 23.8 Å². The van der Waals surface area contributed by atoms with Crippen LogP contribution in [0, 0.1) is 0 Å². The van der Waals surface area contributed by atoms with E-state index in [1.54, 1.807) is 0 Å². The smallest absolute Gasteiger partial charge is 0.283 e. The van der Waals surface area contributed by atoms with E-state index in [0.29, 0.717) is 5.84 Å². The second-order valence-electron chi connectivity index (χ2n) is 2.99. The van der Waals surface area contributed by atoms with Crippen molar-refractivity contribution in [1.29, 1.82) is 0 Å². The van der Waals surface area contributed by atoms with Gasteiger partial charge < -0.3 is 0 Å². The van der Waals surface area contributed by atoms with Crippen LogP contribution in [0.5, 0.6) is 0 Å². The molecule has 7 nitrogen and oxygen atoms in total. The van der Waals surface area contributed by atoms with E-state index in [-0.39, 0.29) is 0 Å². The Kier molecular flexibility index (Phi) is 1.57. The highest BCUT2D eigenvalue weighted by Gasteiger charge is 2.53. The third-order valence-corrected chi connectivity index (χ3v) is 2.27. The number of aliphatic imine (C=N–C) groups is 1. The first-order chi connectivity index (χ1) is 6.57. The summed E-state index contributed by atoms with van der Waals surface area (Å²) in [6.45, 7) is 0. The van der Waals surface area contributed by atoms with E-state index in [1.807, 2.05) is 0 Å². The molecule has 1 atom stereocenters. The van der Waals surface area contributed by atoms with Crippen molar-refractivity contribution < 1.29 is 14.4 Å². The van der Waals surface area contributed by atoms with Gasteiger partial charge in [0.05, 0.1) is 0 Å². The van der Waals surface area contributed by atoms with E-state index in [9.17, 15) is 14.4 Å². The van der Waals surface area contributed by atoms with Crippen molar-refractivity contribution in [1.82, 2.24) is 15.1 Å². The van der Waals surface area contributed by atoms with Crippen molar-refractivity contribution in [2.24, 2.45) is 4.99 Å². The summed E-state index contributed by atoms with van der Waals surface area (Å²) >= 11 is 0. The molecule has 0 spiro atoms. The van der Waals surface area contributed by atoms with Crippen molar-refractivity contribution in [3.05, 3.63) is 0 Å². The summed E-state index contributed by atoms with van der Waals surface area (Å²) in [6, 6.07) is -2.10. The molecule has 0 aromatic heterocycles. The van der Waals surface area contributed by atoms with Crippen LogP contribution >= 0.6 is 0 Å². The summed E-state index contributed by atoms with van der Waals surface area (Å²) in [4.78, 5) is 39.8. The van der Waals surface area contributed by atoms with Crippen LogP contribution in [0.3, 0.4) is 0 Å². The van der Waals surface area contributed by atoms with Crippen molar-refractivity contribution in [3.8, 4) is 0 Å². The van der Waals surface area contributed by atoms with Gasteiger partial charge in [0.1, 0.15) is 5.84 Å². The summed E-state index contributed by atoms with van der Waals surface area (Å²) in [5.41, 5.74) is 0.